The number of rotatable bonds is 4. The van der Waals surface area contributed by atoms with Crippen molar-refractivity contribution in [2.24, 2.45) is 0 Å². The Bertz CT molecular complexity index is 394. The minimum atomic E-state index is -2.62. The predicted molar refractivity (Wildman–Crippen MR) is 60.3 cm³/mol. The van der Waals surface area contributed by atoms with Crippen molar-refractivity contribution in [1.82, 2.24) is 0 Å². The van der Waals surface area contributed by atoms with Crippen LogP contribution in [0, 0.1) is 0 Å². The van der Waals surface area contributed by atoms with Crippen molar-refractivity contribution in [1.29, 1.82) is 0 Å². The van der Waals surface area contributed by atoms with Gasteiger partial charge < -0.3 is 4.74 Å². The van der Waals surface area contributed by atoms with E-state index in [0.29, 0.717) is 5.56 Å². The van der Waals surface area contributed by atoms with Gasteiger partial charge in [0.25, 0.3) is 6.43 Å². The fraction of sp³-hybridized carbons (Fsp3) is 0.364. The van der Waals surface area contributed by atoms with E-state index in [-0.39, 0.29) is 17.1 Å². The molecule has 0 spiro atoms. The van der Waals surface area contributed by atoms with E-state index in [4.69, 9.17) is 4.74 Å². The van der Waals surface area contributed by atoms with Crippen LogP contribution >= 0.6 is 15.9 Å². The van der Waals surface area contributed by atoms with Crippen molar-refractivity contribution in [3.8, 4) is 5.75 Å². The molecule has 0 aliphatic carbocycles. The Hall–Kier alpha value is -0.970. The normalized spacial score (nSPS) is 12.6. The molecule has 1 unspecified atom stereocenters. The van der Waals surface area contributed by atoms with Crippen LogP contribution in [0.3, 0.4) is 0 Å². The second-order valence-corrected chi connectivity index (χ2v) is 4.16. The zero-order valence-corrected chi connectivity index (χ0v) is 10.4. The smallest absolute Gasteiger partial charge is 0.267 e. The quantitative estimate of drug-likeness (QED) is 0.792. The summed E-state index contributed by atoms with van der Waals surface area (Å²) in [5.41, 5.74) is 0.221. The van der Waals surface area contributed by atoms with Gasteiger partial charge in [-0.2, -0.15) is 0 Å². The van der Waals surface area contributed by atoms with Gasteiger partial charge in [-0.1, -0.05) is 28.1 Å². The molecule has 1 rings (SSSR count). The number of carbonyl (C=O) groups excluding carboxylic acids is 1. The predicted octanol–water partition coefficient (Wildman–Crippen LogP) is 3.66. The Balaban J connectivity index is 3.29. The van der Waals surface area contributed by atoms with Crippen LogP contribution in [0.25, 0.3) is 0 Å². The first-order valence-electron chi connectivity index (χ1n) is 4.58. The Morgan fingerprint density at radius 3 is 2.38 bits per heavy atom. The average Bonchev–Trinajstić information content (AvgIpc) is 2.26. The fourth-order valence-electron chi connectivity index (χ4n) is 1.40. The van der Waals surface area contributed by atoms with Crippen LogP contribution < -0.4 is 4.74 Å². The van der Waals surface area contributed by atoms with Gasteiger partial charge in [0.2, 0.25) is 0 Å². The zero-order chi connectivity index (χ0) is 12.3. The van der Waals surface area contributed by atoms with E-state index in [2.05, 4.69) is 15.9 Å². The summed E-state index contributed by atoms with van der Waals surface area (Å²) >= 11 is 3.15. The summed E-state index contributed by atoms with van der Waals surface area (Å²) in [7, 11) is 1.31. The van der Waals surface area contributed by atoms with E-state index in [0.717, 1.165) is 0 Å². The number of benzene rings is 1. The molecule has 1 atom stereocenters. The Morgan fingerprint density at radius 2 is 1.94 bits per heavy atom. The van der Waals surface area contributed by atoms with E-state index in [1.165, 1.54) is 26.2 Å². The minimum absolute atomic E-state index is 0.0644. The number of carbonyl (C=O) groups is 1. The molecule has 1 aromatic rings. The van der Waals surface area contributed by atoms with Crippen LogP contribution in [-0.4, -0.2) is 12.9 Å². The third-order valence-electron chi connectivity index (χ3n) is 2.15. The number of ether oxygens (including phenoxy) is 1. The van der Waals surface area contributed by atoms with Gasteiger partial charge in [-0.3, -0.25) is 4.79 Å². The van der Waals surface area contributed by atoms with Crippen LogP contribution in [0.1, 0.15) is 29.3 Å². The number of methoxy groups -OCH3 is 1. The molecule has 5 heteroatoms. The highest BCUT2D eigenvalue weighted by Gasteiger charge is 2.22. The molecular weight excluding hydrogens is 282 g/mol. The van der Waals surface area contributed by atoms with E-state index in [1.807, 2.05) is 0 Å². The molecule has 1 aromatic carbocycles. The summed E-state index contributed by atoms with van der Waals surface area (Å²) in [6.07, 6.45) is -2.62. The van der Waals surface area contributed by atoms with Gasteiger partial charge in [0.05, 0.1) is 12.7 Å². The van der Waals surface area contributed by atoms with Crippen molar-refractivity contribution < 1.29 is 18.3 Å². The molecule has 0 aromatic heterocycles. The number of halogens is 3. The first-order chi connectivity index (χ1) is 7.49. The standard InChI is InChI=1S/C11H11BrF2O2/c1-6(15)9(12)7-4-3-5-8(11(13)14)10(7)16-2/h3-5,9,11H,1-2H3. The fourth-order valence-corrected chi connectivity index (χ4v) is 1.76. The number of hydrogen-bond donors (Lipinski definition) is 0. The van der Waals surface area contributed by atoms with E-state index in [1.54, 1.807) is 6.07 Å². The molecule has 88 valence electrons. The molecule has 2 nitrogen and oxygen atoms in total. The molecule has 0 aliphatic rings. The second kappa shape index (κ2) is 5.39. The van der Waals surface area contributed by atoms with Gasteiger partial charge in [-0.15, -0.1) is 0 Å². The highest BCUT2D eigenvalue weighted by Crippen LogP contribution is 2.38. The maximum atomic E-state index is 12.7. The van der Waals surface area contributed by atoms with E-state index in [9.17, 15) is 13.6 Å². The highest BCUT2D eigenvalue weighted by atomic mass is 79.9. The Morgan fingerprint density at radius 1 is 1.38 bits per heavy atom. The Labute approximate surface area is 101 Å². The van der Waals surface area contributed by atoms with Crippen LogP contribution in [0.5, 0.6) is 5.75 Å². The first-order valence-corrected chi connectivity index (χ1v) is 5.50. The van der Waals surface area contributed by atoms with Crippen LogP contribution in [0.15, 0.2) is 18.2 Å². The van der Waals surface area contributed by atoms with E-state index >= 15 is 0 Å². The molecule has 0 aliphatic heterocycles. The number of hydrogen-bond acceptors (Lipinski definition) is 2. The zero-order valence-electron chi connectivity index (χ0n) is 8.84. The number of Topliss-reactive ketones (excluding diaryl/α,β-unsaturated/α-hetero) is 1. The molecule has 0 heterocycles. The largest absolute Gasteiger partial charge is 0.496 e. The van der Waals surface area contributed by atoms with Crippen molar-refractivity contribution in [3.63, 3.8) is 0 Å². The van der Waals surface area contributed by atoms with Crippen molar-refractivity contribution in [2.45, 2.75) is 18.2 Å². The van der Waals surface area contributed by atoms with E-state index < -0.39 is 11.3 Å². The SMILES string of the molecule is COc1c(C(F)F)cccc1C(Br)C(C)=O. The molecule has 0 bridgehead atoms. The summed E-state index contributed by atoms with van der Waals surface area (Å²) in [6, 6.07) is 4.36. The average molecular weight is 293 g/mol. The maximum absolute atomic E-state index is 12.7. The van der Waals surface area contributed by atoms with Gasteiger partial charge in [0, 0.05) is 5.56 Å². The van der Waals surface area contributed by atoms with Gasteiger partial charge in [0.15, 0.2) is 0 Å². The summed E-state index contributed by atoms with van der Waals surface area (Å²) < 4.78 is 30.3. The molecule has 0 amide bonds. The van der Waals surface area contributed by atoms with Gasteiger partial charge in [0.1, 0.15) is 16.4 Å². The van der Waals surface area contributed by atoms with Crippen molar-refractivity contribution >= 4 is 21.7 Å². The number of para-hydroxylation sites is 1. The van der Waals surface area contributed by atoms with Crippen LogP contribution in [-0.2, 0) is 4.79 Å². The lowest BCUT2D eigenvalue weighted by atomic mass is 10.0. The van der Waals surface area contributed by atoms with Gasteiger partial charge in [-0.25, -0.2) is 8.78 Å². The molecular formula is C11H11BrF2O2. The van der Waals surface area contributed by atoms with Gasteiger partial charge in [-0.05, 0) is 13.0 Å². The molecule has 0 radical (unpaired) electrons. The number of alkyl halides is 3. The van der Waals surface area contributed by atoms with Crippen LogP contribution in [0.2, 0.25) is 0 Å². The molecule has 0 saturated heterocycles. The minimum Gasteiger partial charge on any atom is -0.496 e. The summed E-state index contributed by atoms with van der Waals surface area (Å²) in [5, 5.41) is 0. The third kappa shape index (κ3) is 2.58. The molecule has 0 fully saturated rings. The Kier molecular flexibility index (Phi) is 4.41. The summed E-state index contributed by atoms with van der Waals surface area (Å²) in [4.78, 5) is 10.6. The van der Waals surface area contributed by atoms with Crippen LogP contribution in [0.4, 0.5) is 8.78 Å². The molecule has 16 heavy (non-hydrogen) atoms. The maximum Gasteiger partial charge on any atom is 0.267 e. The lowest BCUT2D eigenvalue weighted by Gasteiger charge is -2.15. The second-order valence-electron chi connectivity index (χ2n) is 3.24. The van der Waals surface area contributed by atoms with Crippen molar-refractivity contribution in [2.75, 3.05) is 7.11 Å². The summed E-state index contributed by atoms with van der Waals surface area (Å²) in [5.74, 6) is -0.0979. The topological polar surface area (TPSA) is 26.3 Å². The molecule has 0 N–H and O–H groups in total. The van der Waals surface area contributed by atoms with Gasteiger partial charge >= 0.3 is 0 Å². The summed E-state index contributed by atoms with van der Waals surface area (Å²) in [6.45, 7) is 1.38. The monoisotopic (exact) mass is 292 g/mol. The third-order valence-corrected chi connectivity index (χ3v) is 3.28. The molecule has 0 saturated carbocycles. The lowest BCUT2D eigenvalue weighted by Crippen LogP contribution is -2.05. The number of ketones is 1. The first kappa shape index (κ1) is 13.1. The van der Waals surface area contributed by atoms with Crippen molar-refractivity contribution in [3.05, 3.63) is 29.3 Å². The highest BCUT2D eigenvalue weighted by molar-refractivity contribution is 9.09. The lowest BCUT2D eigenvalue weighted by molar-refractivity contribution is -0.116.